The number of methoxy groups -OCH3 is 1. The first-order valence-corrected chi connectivity index (χ1v) is 13.8. The average Bonchev–Trinajstić information content (AvgIpc) is 3.48. The molecule has 0 aliphatic carbocycles. The van der Waals surface area contributed by atoms with Crippen LogP contribution in [0.3, 0.4) is 0 Å². The zero-order valence-corrected chi connectivity index (χ0v) is 23.1. The Morgan fingerprint density at radius 3 is 2.59 bits per heavy atom. The Balaban J connectivity index is 1.64. The van der Waals surface area contributed by atoms with Gasteiger partial charge in [0.1, 0.15) is 17.3 Å². The van der Waals surface area contributed by atoms with Gasteiger partial charge in [-0.05, 0) is 66.6 Å². The zero-order chi connectivity index (χ0) is 27.5. The van der Waals surface area contributed by atoms with E-state index in [4.69, 9.17) is 21.1 Å². The molecule has 0 saturated carbocycles. The van der Waals surface area contributed by atoms with Crippen molar-refractivity contribution in [3.8, 4) is 11.5 Å². The van der Waals surface area contributed by atoms with E-state index in [9.17, 15) is 14.7 Å². The largest absolute Gasteiger partial charge is 0.507 e. The molecule has 1 atom stereocenters. The number of rotatable bonds is 9. The van der Waals surface area contributed by atoms with Gasteiger partial charge in [0.15, 0.2) is 5.13 Å². The zero-order valence-electron chi connectivity index (χ0n) is 21.5. The molecule has 0 radical (unpaired) electrons. The maximum absolute atomic E-state index is 13.5. The number of anilines is 1. The van der Waals surface area contributed by atoms with Gasteiger partial charge in [0.25, 0.3) is 5.78 Å². The molecule has 39 heavy (non-hydrogen) atoms. The van der Waals surface area contributed by atoms with E-state index in [1.807, 2.05) is 24.3 Å². The van der Waals surface area contributed by atoms with Crippen LogP contribution in [-0.4, -0.2) is 35.5 Å². The van der Waals surface area contributed by atoms with Gasteiger partial charge in [0.2, 0.25) is 0 Å². The fourth-order valence-electron chi connectivity index (χ4n) is 4.55. The number of aliphatic hydroxyl groups excluding tert-OH is 1. The number of carbonyl (C=O) groups excluding carboxylic acids is 2. The molecule has 5 rings (SSSR count). The lowest BCUT2D eigenvalue weighted by molar-refractivity contribution is -0.132. The quantitative estimate of drug-likeness (QED) is 0.101. The van der Waals surface area contributed by atoms with Crippen LogP contribution in [-0.2, 0) is 9.59 Å². The molecule has 0 bridgehead atoms. The molecule has 3 aromatic carbocycles. The number of fused-ring (bicyclic) bond motifs is 1. The molecule has 7 nitrogen and oxygen atoms in total. The van der Waals surface area contributed by atoms with Crippen molar-refractivity contribution in [1.82, 2.24) is 4.98 Å². The fraction of sp³-hybridized carbons (Fsp3) is 0.233. The van der Waals surface area contributed by atoms with Crippen molar-refractivity contribution in [3.63, 3.8) is 0 Å². The molecule has 9 heteroatoms. The van der Waals surface area contributed by atoms with Crippen molar-refractivity contribution in [2.24, 2.45) is 0 Å². The van der Waals surface area contributed by atoms with Crippen LogP contribution in [0.15, 0.2) is 72.3 Å². The van der Waals surface area contributed by atoms with Crippen molar-refractivity contribution in [2.45, 2.75) is 32.2 Å². The second-order valence-corrected chi connectivity index (χ2v) is 10.6. The number of ether oxygens (including phenoxy) is 2. The summed E-state index contributed by atoms with van der Waals surface area (Å²) >= 11 is 7.31. The van der Waals surface area contributed by atoms with Gasteiger partial charge in [-0.3, -0.25) is 14.5 Å². The first kappa shape index (κ1) is 26.7. The monoisotopic (exact) mass is 562 g/mol. The standard InChI is InChI=1S/C30H27ClN2O5S/c1-3-4-5-15-38-22-8-6-7-19(16-22)26-25(27(34)18-9-11-20(31)12-10-18)28(35)29(36)33(26)30-32-23-14-13-21(37-2)17-24(23)39-30/h6-14,16-17,26,34H,3-5,15H2,1-2H3/b27-25+. The molecule has 1 saturated heterocycles. The topological polar surface area (TPSA) is 89.0 Å². The second kappa shape index (κ2) is 11.5. The van der Waals surface area contributed by atoms with E-state index >= 15 is 0 Å². The Morgan fingerprint density at radius 2 is 1.85 bits per heavy atom. The Hall–Kier alpha value is -3.88. The van der Waals surface area contributed by atoms with E-state index in [1.54, 1.807) is 49.6 Å². The van der Waals surface area contributed by atoms with Gasteiger partial charge in [-0.15, -0.1) is 0 Å². The Morgan fingerprint density at radius 1 is 1.05 bits per heavy atom. The third-order valence-electron chi connectivity index (χ3n) is 6.54. The number of hydrogen-bond acceptors (Lipinski definition) is 7. The molecule has 1 aliphatic rings. The lowest BCUT2D eigenvalue weighted by Gasteiger charge is -2.23. The number of unbranched alkanes of at least 4 members (excludes halogenated alkanes) is 2. The van der Waals surface area contributed by atoms with Crippen LogP contribution < -0.4 is 14.4 Å². The summed E-state index contributed by atoms with van der Waals surface area (Å²) in [5.41, 5.74) is 1.64. The van der Waals surface area contributed by atoms with Crippen LogP contribution >= 0.6 is 22.9 Å². The normalized spacial score (nSPS) is 16.7. The highest BCUT2D eigenvalue weighted by atomic mass is 35.5. The van der Waals surface area contributed by atoms with E-state index in [2.05, 4.69) is 11.9 Å². The average molecular weight is 563 g/mol. The first-order chi connectivity index (χ1) is 18.9. The SMILES string of the molecule is CCCCCOc1cccc(C2/C(=C(\O)c3ccc(Cl)cc3)C(=O)C(=O)N2c2nc3ccc(OC)cc3s2)c1. The third kappa shape index (κ3) is 5.35. The van der Waals surface area contributed by atoms with Crippen molar-refractivity contribution >= 4 is 55.7 Å². The number of ketones is 1. The predicted octanol–water partition coefficient (Wildman–Crippen LogP) is 7.15. The Kier molecular flexibility index (Phi) is 7.86. The van der Waals surface area contributed by atoms with Gasteiger partial charge >= 0.3 is 5.91 Å². The minimum Gasteiger partial charge on any atom is -0.507 e. The second-order valence-electron chi connectivity index (χ2n) is 9.13. The minimum atomic E-state index is -0.915. The van der Waals surface area contributed by atoms with Crippen LogP contribution in [0.1, 0.15) is 43.4 Å². The maximum atomic E-state index is 13.5. The summed E-state index contributed by atoms with van der Waals surface area (Å²) in [6, 6.07) is 18.2. The Bertz CT molecular complexity index is 1560. The van der Waals surface area contributed by atoms with Crippen molar-refractivity contribution in [1.29, 1.82) is 0 Å². The van der Waals surface area contributed by atoms with Crippen LogP contribution in [0.5, 0.6) is 11.5 Å². The lowest BCUT2D eigenvalue weighted by Crippen LogP contribution is -2.29. The molecule has 200 valence electrons. The van der Waals surface area contributed by atoms with E-state index < -0.39 is 17.7 Å². The molecule has 1 amide bonds. The summed E-state index contributed by atoms with van der Waals surface area (Å²) in [4.78, 5) is 33.1. The van der Waals surface area contributed by atoms with Gasteiger partial charge in [-0.1, -0.05) is 54.8 Å². The number of aromatic nitrogens is 1. The highest BCUT2D eigenvalue weighted by molar-refractivity contribution is 7.22. The highest BCUT2D eigenvalue weighted by Gasteiger charge is 2.48. The van der Waals surface area contributed by atoms with E-state index in [0.717, 1.165) is 24.0 Å². The van der Waals surface area contributed by atoms with Crippen LogP contribution in [0.4, 0.5) is 5.13 Å². The van der Waals surface area contributed by atoms with Crippen LogP contribution in [0.2, 0.25) is 5.02 Å². The number of thiazole rings is 1. The number of benzene rings is 3. The van der Waals surface area contributed by atoms with Crippen molar-refractivity contribution in [2.75, 3.05) is 18.6 Å². The number of hydrogen-bond donors (Lipinski definition) is 1. The first-order valence-electron chi connectivity index (χ1n) is 12.7. The van der Waals surface area contributed by atoms with Gasteiger partial charge in [-0.25, -0.2) is 4.98 Å². The van der Waals surface area contributed by atoms with Gasteiger partial charge in [-0.2, -0.15) is 0 Å². The number of aliphatic hydroxyl groups is 1. The summed E-state index contributed by atoms with van der Waals surface area (Å²) in [5, 5.41) is 12.2. The molecular formula is C30H27ClN2O5S. The summed E-state index contributed by atoms with van der Waals surface area (Å²) in [6.45, 7) is 2.68. The Labute approximate surface area is 235 Å². The smallest absolute Gasteiger partial charge is 0.301 e. The molecule has 1 aliphatic heterocycles. The number of Topliss-reactive ketones (excluding diaryl/α,β-unsaturated/α-hetero) is 1. The van der Waals surface area contributed by atoms with Crippen molar-refractivity contribution in [3.05, 3.63) is 88.5 Å². The number of amides is 1. The van der Waals surface area contributed by atoms with Crippen LogP contribution in [0, 0.1) is 0 Å². The fourth-order valence-corrected chi connectivity index (χ4v) is 5.69. The van der Waals surface area contributed by atoms with E-state index in [0.29, 0.717) is 44.9 Å². The maximum Gasteiger partial charge on any atom is 0.301 e. The molecule has 1 aromatic heterocycles. The highest BCUT2D eigenvalue weighted by Crippen LogP contribution is 2.45. The molecule has 0 spiro atoms. The molecular weight excluding hydrogens is 536 g/mol. The van der Waals surface area contributed by atoms with E-state index in [-0.39, 0.29) is 11.3 Å². The summed E-state index contributed by atoms with van der Waals surface area (Å²) in [7, 11) is 1.58. The van der Waals surface area contributed by atoms with E-state index in [1.165, 1.54) is 16.2 Å². The molecule has 1 fully saturated rings. The molecule has 2 heterocycles. The number of halogens is 1. The summed E-state index contributed by atoms with van der Waals surface area (Å²) in [5.74, 6) is -0.564. The minimum absolute atomic E-state index is 0.0257. The third-order valence-corrected chi connectivity index (χ3v) is 7.81. The van der Waals surface area contributed by atoms with Gasteiger partial charge in [0.05, 0.1) is 35.5 Å². The number of carbonyl (C=O) groups is 2. The number of nitrogens with zero attached hydrogens (tertiary/aromatic N) is 2. The molecule has 1 N–H and O–H groups in total. The van der Waals surface area contributed by atoms with Crippen LogP contribution in [0.25, 0.3) is 16.0 Å². The van der Waals surface area contributed by atoms with Gasteiger partial charge in [0, 0.05) is 10.6 Å². The van der Waals surface area contributed by atoms with Crippen molar-refractivity contribution < 1.29 is 24.2 Å². The summed E-state index contributed by atoms with van der Waals surface area (Å²) < 4.78 is 12.1. The molecule has 4 aromatic rings. The lowest BCUT2D eigenvalue weighted by atomic mass is 9.95. The van der Waals surface area contributed by atoms with Gasteiger partial charge < -0.3 is 14.6 Å². The summed E-state index contributed by atoms with van der Waals surface area (Å²) in [6.07, 6.45) is 3.06. The predicted molar refractivity (Wildman–Crippen MR) is 154 cm³/mol. The molecule has 1 unspecified atom stereocenters.